The van der Waals surface area contributed by atoms with Gasteiger partial charge in [-0.15, -0.1) is 0 Å². The number of guanidine groups is 1. The van der Waals surface area contributed by atoms with Gasteiger partial charge in [0.1, 0.15) is 12.3 Å². The third-order valence-corrected chi connectivity index (χ3v) is 5.32. The Labute approximate surface area is 188 Å². The van der Waals surface area contributed by atoms with E-state index in [2.05, 4.69) is 15.2 Å². The summed E-state index contributed by atoms with van der Waals surface area (Å²) in [5.74, 6) is 1.68. The number of carbonyl (C=O) groups is 2. The number of ether oxygens (including phenoxy) is 1. The van der Waals surface area contributed by atoms with E-state index in [-0.39, 0.29) is 18.4 Å². The van der Waals surface area contributed by atoms with Crippen molar-refractivity contribution in [3.63, 3.8) is 0 Å². The van der Waals surface area contributed by atoms with Crippen molar-refractivity contribution >= 4 is 17.8 Å². The molecule has 2 aromatic rings. The van der Waals surface area contributed by atoms with E-state index in [1.54, 1.807) is 38.2 Å². The molecule has 1 aromatic heterocycles. The van der Waals surface area contributed by atoms with Crippen LogP contribution in [0.3, 0.4) is 0 Å². The zero-order chi connectivity index (χ0) is 22.9. The van der Waals surface area contributed by atoms with Crippen LogP contribution in [-0.2, 0) is 11.2 Å². The highest BCUT2D eigenvalue weighted by molar-refractivity contribution is 5.91. The van der Waals surface area contributed by atoms with E-state index in [0.717, 1.165) is 12.2 Å². The lowest BCUT2D eigenvalue weighted by atomic mass is 10.1. The second kappa shape index (κ2) is 11.2. The molecule has 2 amide bonds. The Morgan fingerprint density at radius 1 is 1.09 bits per heavy atom. The molecule has 0 spiro atoms. The van der Waals surface area contributed by atoms with Crippen LogP contribution in [0.15, 0.2) is 52.1 Å². The Kier molecular flexibility index (Phi) is 8.13. The minimum Gasteiger partial charge on any atom is -0.497 e. The minimum atomic E-state index is -0.108. The maximum atomic E-state index is 12.5. The Morgan fingerprint density at radius 3 is 2.38 bits per heavy atom. The van der Waals surface area contributed by atoms with Gasteiger partial charge in [0.25, 0.3) is 5.91 Å². The second-order valence-electron chi connectivity index (χ2n) is 7.71. The summed E-state index contributed by atoms with van der Waals surface area (Å²) in [6.45, 7) is 3.10. The van der Waals surface area contributed by atoms with Crippen molar-refractivity contribution in [2.24, 2.45) is 4.99 Å². The van der Waals surface area contributed by atoms with Crippen molar-refractivity contribution in [2.45, 2.75) is 6.42 Å². The summed E-state index contributed by atoms with van der Waals surface area (Å²) >= 11 is 0. The normalized spacial score (nSPS) is 14.3. The fourth-order valence-corrected chi connectivity index (χ4v) is 3.34. The number of hydrogen-bond acceptors (Lipinski definition) is 5. The van der Waals surface area contributed by atoms with Gasteiger partial charge >= 0.3 is 0 Å². The number of likely N-dealkylation sites (N-methyl/N-ethyl adjacent to an activating group) is 1. The molecule has 3 rings (SSSR count). The molecular formula is C23H31N5O4. The SMILES string of the molecule is COc1ccc(CCNC(=NCC(=O)N(C)C)N2CCN(C(=O)c3ccco3)CC2)cc1. The number of hydrogen-bond donors (Lipinski definition) is 1. The van der Waals surface area contributed by atoms with Crippen molar-refractivity contribution in [1.29, 1.82) is 0 Å². The smallest absolute Gasteiger partial charge is 0.289 e. The van der Waals surface area contributed by atoms with E-state index in [9.17, 15) is 9.59 Å². The van der Waals surface area contributed by atoms with Crippen molar-refractivity contribution in [2.75, 3.05) is 60.5 Å². The summed E-state index contributed by atoms with van der Waals surface area (Å²) in [6, 6.07) is 11.3. The summed E-state index contributed by atoms with van der Waals surface area (Å²) in [4.78, 5) is 34.5. The van der Waals surface area contributed by atoms with Crippen LogP contribution in [0.25, 0.3) is 0 Å². The lowest BCUT2D eigenvalue weighted by molar-refractivity contribution is -0.127. The van der Waals surface area contributed by atoms with Crippen molar-refractivity contribution in [3.8, 4) is 5.75 Å². The summed E-state index contributed by atoms with van der Waals surface area (Å²) in [5.41, 5.74) is 1.18. The summed E-state index contributed by atoms with van der Waals surface area (Å²) in [6.07, 6.45) is 2.31. The third-order valence-electron chi connectivity index (χ3n) is 5.32. The molecule has 9 nitrogen and oxygen atoms in total. The number of piperazine rings is 1. The van der Waals surface area contributed by atoms with Gasteiger partial charge in [-0.1, -0.05) is 12.1 Å². The van der Waals surface area contributed by atoms with Crippen LogP contribution in [0.4, 0.5) is 0 Å². The van der Waals surface area contributed by atoms with Crippen molar-refractivity contribution < 1.29 is 18.7 Å². The molecule has 172 valence electrons. The Bertz CT molecular complexity index is 901. The maximum absolute atomic E-state index is 12.5. The number of methoxy groups -OCH3 is 1. The number of nitrogens with one attached hydrogen (secondary N) is 1. The van der Waals surface area contributed by atoms with Crippen LogP contribution in [-0.4, -0.2) is 92.9 Å². The van der Waals surface area contributed by atoms with Gasteiger partial charge in [0, 0.05) is 46.8 Å². The molecular weight excluding hydrogens is 410 g/mol. The molecule has 0 aliphatic carbocycles. The molecule has 1 fully saturated rings. The number of rotatable bonds is 7. The molecule has 1 saturated heterocycles. The van der Waals surface area contributed by atoms with Crippen LogP contribution >= 0.6 is 0 Å². The van der Waals surface area contributed by atoms with Gasteiger partial charge < -0.3 is 29.2 Å². The first-order valence-electron chi connectivity index (χ1n) is 10.7. The molecule has 1 N–H and O–H groups in total. The first-order valence-corrected chi connectivity index (χ1v) is 10.7. The maximum Gasteiger partial charge on any atom is 0.289 e. The quantitative estimate of drug-likeness (QED) is 0.515. The van der Waals surface area contributed by atoms with E-state index in [4.69, 9.17) is 9.15 Å². The molecule has 0 unspecified atom stereocenters. The molecule has 2 heterocycles. The van der Waals surface area contributed by atoms with E-state index in [1.165, 1.54) is 16.7 Å². The first-order chi connectivity index (χ1) is 15.5. The van der Waals surface area contributed by atoms with Gasteiger partial charge in [0.15, 0.2) is 11.7 Å². The third kappa shape index (κ3) is 6.26. The number of nitrogens with zero attached hydrogens (tertiary/aromatic N) is 4. The van der Waals surface area contributed by atoms with Crippen LogP contribution in [0.2, 0.25) is 0 Å². The van der Waals surface area contributed by atoms with Gasteiger partial charge in [0.05, 0.1) is 13.4 Å². The zero-order valence-corrected chi connectivity index (χ0v) is 18.9. The lowest BCUT2D eigenvalue weighted by Crippen LogP contribution is -2.54. The van der Waals surface area contributed by atoms with Gasteiger partial charge in [-0.05, 0) is 36.2 Å². The largest absolute Gasteiger partial charge is 0.497 e. The van der Waals surface area contributed by atoms with Crippen LogP contribution in [0, 0.1) is 0 Å². The summed E-state index contributed by atoms with van der Waals surface area (Å²) in [7, 11) is 5.08. The Balaban J connectivity index is 1.59. The summed E-state index contributed by atoms with van der Waals surface area (Å²) in [5, 5.41) is 3.38. The van der Waals surface area contributed by atoms with E-state index in [1.807, 2.05) is 24.3 Å². The molecule has 1 aliphatic rings. The average Bonchev–Trinajstić information content (AvgIpc) is 3.36. The molecule has 1 aliphatic heterocycles. The first kappa shape index (κ1) is 23.2. The number of benzene rings is 1. The fourth-order valence-electron chi connectivity index (χ4n) is 3.34. The average molecular weight is 442 g/mol. The van der Waals surface area contributed by atoms with Crippen LogP contribution in [0.5, 0.6) is 5.75 Å². The lowest BCUT2D eigenvalue weighted by Gasteiger charge is -2.36. The Hall–Kier alpha value is -3.49. The highest BCUT2D eigenvalue weighted by atomic mass is 16.5. The van der Waals surface area contributed by atoms with E-state index in [0.29, 0.717) is 44.4 Å². The van der Waals surface area contributed by atoms with Gasteiger partial charge in [-0.2, -0.15) is 0 Å². The number of amides is 2. The molecule has 0 atom stereocenters. The number of aliphatic imine (C=N–C) groups is 1. The van der Waals surface area contributed by atoms with Crippen molar-refractivity contribution in [1.82, 2.24) is 20.0 Å². The highest BCUT2D eigenvalue weighted by Gasteiger charge is 2.25. The fraction of sp³-hybridized carbons (Fsp3) is 0.435. The standard InChI is InChI=1S/C23H31N5O4/c1-26(2)21(29)17-25-23(24-11-10-18-6-8-19(31-3)9-7-18)28-14-12-27(13-15-28)22(30)20-5-4-16-32-20/h4-9,16H,10-15,17H2,1-3H3,(H,24,25). The number of carbonyl (C=O) groups excluding carboxylic acids is 2. The highest BCUT2D eigenvalue weighted by Crippen LogP contribution is 2.12. The second-order valence-corrected chi connectivity index (χ2v) is 7.71. The molecule has 1 aromatic carbocycles. The molecule has 0 saturated carbocycles. The van der Waals surface area contributed by atoms with Gasteiger partial charge in [-0.3, -0.25) is 9.59 Å². The van der Waals surface area contributed by atoms with E-state index < -0.39 is 0 Å². The molecule has 0 bridgehead atoms. The van der Waals surface area contributed by atoms with Crippen molar-refractivity contribution in [3.05, 3.63) is 54.0 Å². The molecule has 9 heteroatoms. The van der Waals surface area contributed by atoms with Crippen LogP contribution in [0.1, 0.15) is 16.1 Å². The van der Waals surface area contributed by atoms with E-state index >= 15 is 0 Å². The summed E-state index contributed by atoms with van der Waals surface area (Å²) < 4.78 is 10.4. The monoisotopic (exact) mass is 441 g/mol. The predicted molar refractivity (Wildman–Crippen MR) is 122 cm³/mol. The van der Waals surface area contributed by atoms with Gasteiger partial charge in [-0.25, -0.2) is 4.99 Å². The zero-order valence-electron chi connectivity index (χ0n) is 18.9. The topological polar surface area (TPSA) is 90.6 Å². The molecule has 0 radical (unpaired) electrons. The predicted octanol–water partition coefficient (Wildman–Crippen LogP) is 1.32. The Morgan fingerprint density at radius 2 is 1.78 bits per heavy atom. The van der Waals surface area contributed by atoms with Crippen LogP contribution < -0.4 is 10.1 Å². The minimum absolute atomic E-state index is 0.0638. The number of furan rings is 1. The molecule has 32 heavy (non-hydrogen) atoms. The van der Waals surface area contributed by atoms with Gasteiger partial charge in [0.2, 0.25) is 5.91 Å².